The maximum atomic E-state index is 14.2. The van der Waals surface area contributed by atoms with E-state index >= 15 is 0 Å². The molecule has 0 unspecified atom stereocenters. The third-order valence-electron chi connectivity index (χ3n) is 4.67. The van der Waals surface area contributed by atoms with Crippen LogP contribution in [0.5, 0.6) is 0 Å². The van der Waals surface area contributed by atoms with Gasteiger partial charge in [0.2, 0.25) is 0 Å². The van der Waals surface area contributed by atoms with Gasteiger partial charge < -0.3 is 4.74 Å². The maximum Gasteiger partial charge on any atom is 0.386 e. The van der Waals surface area contributed by atoms with Gasteiger partial charge in [0.1, 0.15) is 0 Å². The van der Waals surface area contributed by atoms with Crippen LogP contribution in [0.2, 0.25) is 0 Å². The molecule has 1 saturated carbocycles. The Hall–Kier alpha value is -1.36. The Morgan fingerprint density at radius 1 is 1.12 bits per heavy atom. The van der Waals surface area contributed by atoms with Crippen molar-refractivity contribution in [2.24, 2.45) is 5.92 Å². The van der Waals surface area contributed by atoms with Crippen LogP contribution < -0.4 is 0 Å². The Bertz CT molecular complexity index is 575. The van der Waals surface area contributed by atoms with Crippen LogP contribution in [0.3, 0.4) is 0 Å². The molecule has 0 spiro atoms. The summed E-state index contributed by atoms with van der Waals surface area (Å²) in [6.45, 7) is 3.30. The van der Waals surface area contributed by atoms with Crippen molar-refractivity contribution in [3.8, 4) is 0 Å². The zero-order valence-electron chi connectivity index (χ0n) is 14.1. The average molecular weight is 344 g/mol. The van der Waals surface area contributed by atoms with E-state index in [1.165, 1.54) is 6.92 Å². The van der Waals surface area contributed by atoms with Crippen LogP contribution in [0.25, 0.3) is 0 Å². The number of hydrogen-bond acceptors (Lipinski definition) is 1. The number of ether oxygens (including phenoxy) is 1. The third-order valence-corrected chi connectivity index (χ3v) is 4.67. The molecule has 0 aromatic heterocycles. The molecular weight excluding hydrogens is 320 g/mol. The molecule has 24 heavy (non-hydrogen) atoms. The van der Waals surface area contributed by atoms with Crippen LogP contribution in [0, 0.1) is 24.5 Å². The Morgan fingerprint density at radius 2 is 1.79 bits per heavy atom. The summed E-state index contributed by atoms with van der Waals surface area (Å²) in [7, 11) is 0. The first kappa shape index (κ1) is 19.0. The second-order valence-corrected chi connectivity index (χ2v) is 6.48. The molecule has 134 valence electrons. The molecule has 2 rings (SSSR count). The van der Waals surface area contributed by atoms with Crippen molar-refractivity contribution in [1.82, 2.24) is 0 Å². The van der Waals surface area contributed by atoms with Crippen molar-refractivity contribution in [2.75, 3.05) is 0 Å². The van der Waals surface area contributed by atoms with E-state index in [1.807, 2.05) is 13.0 Å². The molecule has 0 aliphatic heterocycles. The lowest BCUT2D eigenvalue weighted by molar-refractivity contribution is -0.279. The zero-order chi connectivity index (χ0) is 17.7. The molecule has 0 bridgehead atoms. The highest BCUT2D eigenvalue weighted by Gasteiger charge is 2.40. The molecule has 0 N–H and O–H groups in total. The maximum absolute atomic E-state index is 14.2. The summed E-state index contributed by atoms with van der Waals surface area (Å²) in [5.74, 6) is -2.26. The van der Waals surface area contributed by atoms with Crippen LogP contribution in [0.15, 0.2) is 24.3 Å². The fourth-order valence-electron chi connectivity index (χ4n) is 3.18. The second kappa shape index (κ2) is 8.15. The number of rotatable bonds is 6. The molecule has 1 nitrogen and oxygen atoms in total. The van der Waals surface area contributed by atoms with E-state index < -0.39 is 29.4 Å². The lowest BCUT2D eigenvalue weighted by Gasteiger charge is -2.31. The molecule has 0 atom stereocenters. The second-order valence-electron chi connectivity index (χ2n) is 6.48. The predicted octanol–water partition coefficient (Wildman–Crippen LogP) is 6.25. The highest BCUT2D eigenvalue weighted by atomic mass is 19.3. The van der Waals surface area contributed by atoms with Gasteiger partial charge in [-0.15, -0.1) is 0 Å². The number of aryl methyl sites for hydroxylation is 1. The van der Waals surface area contributed by atoms with E-state index in [0.29, 0.717) is 18.8 Å². The number of alkyl halides is 2. The Balaban J connectivity index is 1.95. The van der Waals surface area contributed by atoms with Gasteiger partial charge in [0.05, 0.1) is 11.7 Å². The summed E-state index contributed by atoms with van der Waals surface area (Å²) >= 11 is 0. The largest absolute Gasteiger partial charge is 0.386 e. The highest BCUT2D eigenvalue weighted by molar-refractivity contribution is 5.27. The number of hydrogen-bond donors (Lipinski definition) is 0. The van der Waals surface area contributed by atoms with Gasteiger partial charge in [0, 0.05) is 0 Å². The van der Waals surface area contributed by atoms with E-state index in [0.717, 1.165) is 37.8 Å². The van der Waals surface area contributed by atoms with Gasteiger partial charge in [-0.05, 0) is 69.9 Å². The summed E-state index contributed by atoms with van der Waals surface area (Å²) in [4.78, 5) is 0. The fourth-order valence-corrected chi connectivity index (χ4v) is 3.18. The molecule has 0 saturated heterocycles. The smallest absolute Gasteiger partial charge is 0.313 e. The first-order chi connectivity index (χ1) is 11.3. The molecular formula is C19H24F4O. The summed E-state index contributed by atoms with van der Waals surface area (Å²) in [5, 5.41) is 0. The molecule has 0 radical (unpaired) electrons. The minimum absolute atomic E-state index is 0.00585. The summed E-state index contributed by atoms with van der Waals surface area (Å²) in [6.07, 6.45) is 4.39. The van der Waals surface area contributed by atoms with Crippen molar-refractivity contribution >= 4 is 0 Å². The first-order valence-electron chi connectivity index (χ1n) is 8.47. The van der Waals surface area contributed by atoms with Crippen LogP contribution in [-0.4, -0.2) is 6.10 Å². The van der Waals surface area contributed by atoms with Gasteiger partial charge in [-0.2, -0.15) is 8.78 Å². The summed E-state index contributed by atoms with van der Waals surface area (Å²) in [5.41, 5.74) is -1.03. The minimum Gasteiger partial charge on any atom is -0.313 e. The Morgan fingerprint density at radius 3 is 2.42 bits per heavy atom. The quantitative estimate of drug-likeness (QED) is 0.437. The standard InChI is InChI=1S/C19H24F4O/c1-3-4-5-6-14-8-10-15(11-9-14)24-19(22,23)16-12-7-13(2)17(20)18(16)21/h3-4,7,12,14-15H,5-6,8-11H2,1-2H3. The van der Waals surface area contributed by atoms with Crippen LogP contribution in [-0.2, 0) is 10.8 Å². The summed E-state index contributed by atoms with van der Waals surface area (Å²) < 4.78 is 60.6. The van der Waals surface area contributed by atoms with Crippen molar-refractivity contribution in [2.45, 2.75) is 64.6 Å². The van der Waals surface area contributed by atoms with Gasteiger partial charge in [-0.25, -0.2) is 8.78 Å². The SMILES string of the molecule is CC=CCCC1CCC(OC(F)(F)c2ccc(C)c(F)c2F)CC1. The van der Waals surface area contributed by atoms with Gasteiger partial charge in [-0.1, -0.05) is 18.2 Å². The molecule has 1 aromatic rings. The third kappa shape index (κ3) is 4.59. The first-order valence-corrected chi connectivity index (χ1v) is 8.47. The van der Waals surface area contributed by atoms with Crippen molar-refractivity contribution in [1.29, 1.82) is 0 Å². The van der Waals surface area contributed by atoms with E-state index in [1.54, 1.807) is 0 Å². The molecule has 0 amide bonds. The van der Waals surface area contributed by atoms with Gasteiger partial charge in [-0.3, -0.25) is 0 Å². The van der Waals surface area contributed by atoms with Crippen LogP contribution in [0.4, 0.5) is 17.6 Å². The molecule has 1 aromatic carbocycles. The number of allylic oxidation sites excluding steroid dienone is 2. The predicted molar refractivity (Wildman–Crippen MR) is 85.9 cm³/mol. The lowest BCUT2D eigenvalue weighted by Crippen LogP contribution is -2.30. The highest BCUT2D eigenvalue weighted by Crippen LogP contribution is 2.38. The Kier molecular flexibility index (Phi) is 6.44. The van der Waals surface area contributed by atoms with E-state index in [2.05, 4.69) is 6.08 Å². The van der Waals surface area contributed by atoms with E-state index in [4.69, 9.17) is 4.74 Å². The fraction of sp³-hybridized carbons (Fsp3) is 0.579. The molecule has 0 heterocycles. The van der Waals surface area contributed by atoms with Crippen molar-refractivity contribution < 1.29 is 22.3 Å². The Labute approximate surface area is 140 Å². The van der Waals surface area contributed by atoms with Gasteiger partial charge >= 0.3 is 6.11 Å². The number of halogens is 4. The van der Waals surface area contributed by atoms with E-state index in [9.17, 15) is 17.6 Å². The average Bonchev–Trinajstić information content (AvgIpc) is 2.54. The minimum atomic E-state index is -3.82. The zero-order valence-corrected chi connectivity index (χ0v) is 14.1. The van der Waals surface area contributed by atoms with Gasteiger partial charge in [0.25, 0.3) is 0 Å². The normalized spacial score (nSPS) is 22.2. The number of benzene rings is 1. The van der Waals surface area contributed by atoms with E-state index in [-0.39, 0.29) is 5.56 Å². The molecule has 1 aliphatic rings. The van der Waals surface area contributed by atoms with Crippen LogP contribution >= 0.6 is 0 Å². The monoisotopic (exact) mass is 344 g/mol. The lowest BCUT2D eigenvalue weighted by atomic mass is 9.84. The topological polar surface area (TPSA) is 9.23 Å². The summed E-state index contributed by atoms with van der Waals surface area (Å²) in [6, 6.07) is 2.04. The van der Waals surface area contributed by atoms with Crippen molar-refractivity contribution in [3.63, 3.8) is 0 Å². The van der Waals surface area contributed by atoms with Crippen molar-refractivity contribution in [3.05, 3.63) is 47.0 Å². The molecule has 1 fully saturated rings. The van der Waals surface area contributed by atoms with Crippen LogP contribution in [0.1, 0.15) is 56.6 Å². The van der Waals surface area contributed by atoms with Gasteiger partial charge in [0.15, 0.2) is 11.6 Å². The molecule has 1 aliphatic carbocycles. The molecule has 5 heteroatoms.